The third-order valence-corrected chi connectivity index (χ3v) is 3.26. The molecular weight excluding hydrogens is 222 g/mol. The number of hydrogen-bond acceptors (Lipinski definition) is 2. The van der Waals surface area contributed by atoms with Gasteiger partial charge in [0.25, 0.3) is 0 Å². The maximum Gasteiger partial charge on any atom is 0.125 e. The summed E-state index contributed by atoms with van der Waals surface area (Å²) in [7, 11) is 0. The van der Waals surface area contributed by atoms with Crippen LogP contribution in [0.4, 0.5) is 0 Å². The maximum absolute atomic E-state index is 5.58. The average molecular weight is 243 g/mol. The van der Waals surface area contributed by atoms with Crippen LogP contribution in [0.2, 0.25) is 0 Å². The number of furan rings is 1. The molecule has 0 bridgehead atoms. The van der Waals surface area contributed by atoms with Gasteiger partial charge in [0.2, 0.25) is 0 Å². The van der Waals surface area contributed by atoms with E-state index in [1.165, 1.54) is 22.3 Å². The average Bonchev–Trinajstić information content (AvgIpc) is 2.79. The van der Waals surface area contributed by atoms with E-state index in [0.717, 1.165) is 12.3 Å². The molecule has 0 aliphatic heterocycles. The second kappa shape index (κ2) is 5.40. The van der Waals surface area contributed by atoms with Crippen molar-refractivity contribution in [3.05, 3.63) is 58.5 Å². The largest absolute Gasteiger partial charge is 0.467 e. The summed E-state index contributed by atoms with van der Waals surface area (Å²) in [4.78, 5) is 0. The number of rotatable bonds is 4. The standard InChI is InChI=1S/C16H21NO/c1-5-17-16(14-7-6-8-18-14)15-12(3)9-11(2)10-13(15)4/h6-10,16-17H,5H2,1-4H3. The van der Waals surface area contributed by atoms with E-state index in [4.69, 9.17) is 4.42 Å². The summed E-state index contributed by atoms with van der Waals surface area (Å²) < 4.78 is 5.58. The van der Waals surface area contributed by atoms with Gasteiger partial charge in [-0.2, -0.15) is 0 Å². The first kappa shape index (κ1) is 12.9. The van der Waals surface area contributed by atoms with Crippen molar-refractivity contribution in [1.29, 1.82) is 0 Å². The van der Waals surface area contributed by atoms with Gasteiger partial charge in [0.1, 0.15) is 5.76 Å². The molecule has 0 amide bonds. The zero-order valence-electron chi connectivity index (χ0n) is 11.6. The highest BCUT2D eigenvalue weighted by Gasteiger charge is 2.19. The third kappa shape index (κ3) is 2.49. The Morgan fingerprint density at radius 3 is 2.33 bits per heavy atom. The smallest absolute Gasteiger partial charge is 0.125 e. The van der Waals surface area contributed by atoms with Crippen LogP contribution in [0.25, 0.3) is 0 Å². The third-order valence-electron chi connectivity index (χ3n) is 3.26. The Kier molecular flexibility index (Phi) is 3.87. The lowest BCUT2D eigenvalue weighted by atomic mass is 9.92. The highest BCUT2D eigenvalue weighted by molar-refractivity contribution is 5.42. The summed E-state index contributed by atoms with van der Waals surface area (Å²) >= 11 is 0. The molecule has 1 aromatic carbocycles. The minimum atomic E-state index is 0.144. The highest BCUT2D eigenvalue weighted by Crippen LogP contribution is 2.29. The Bertz CT molecular complexity index is 491. The van der Waals surface area contributed by atoms with E-state index in [1.54, 1.807) is 6.26 Å². The summed E-state index contributed by atoms with van der Waals surface area (Å²) in [6.45, 7) is 9.51. The van der Waals surface area contributed by atoms with Crippen molar-refractivity contribution in [3.8, 4) is 0 Å². The molecule has 2 heteroatoms. The lowest BCUT2D eigenvalue weighted by Crippen LogP contribution is -2.23. The van der Waals surface area contributed by atoms with E-state index < -0.39 is 0 Å². The number of benzene rings is 1. The number of hydrogen-bond donors (Lipinski definition) is 1. The van der Waals surface area contributed by atoms with Crippen LogP contribution in [0.3, 0.4) is 0 Å². The molecule has 2 rings (SSSR count). The van der Waals surface area contributed by atoms with Crippen molar-refractivity contribution < 1.29 is 4.42 Å². The molecule has 0 aliphatic rings. The van der Waals surface area contributed by atoms with Crippen LogP contribution in [0.1, 0.15) is 41.0 Å². The molecule has 0 fully saturated rings. The fourth-order valence-electron chi connectivity index (χ4n) is 2.65. The predicted octanol–water partition coefficient (Wildman–Crippen LogP) is 3.90. The van der Waals surface area contributed by atoms with Crippen LogP contribution in [-0.2, 0) is 0 Å². The molecule has 0 radical (unpaired) electrons. The van der Waals surface area contributed by atoms with Crippen LogP contribution in [0.5, 0.6) is 0 Å². The molecule has 0 saturated carbocycles. The Labute approximate surface area is 109 Å². The molecule has 1 heterocycles. The van der Waals surface area contributed by atoms with Crippen LogP contribution in [0.15, 0.2) is 34.9 Å². The van der Waals surface area contributed by atoms with Gasteiger partial charge in [0.05, 0.1) is 12.3 Å². The summed E-state index contributed by atoms with van der Waals surface area (Å²) in [5, 5.41) is 3.51. The van der Waals surface area contributed by atoms with Gasteiger partial charge in [-0.3, -0.25) is 0 Å². The van der Waals surface area contributed by atoms with Gasteiger partial charge in [0.15, 0.2) is 0 Å². The minimum Gasteiger partial charge on any atom is -0.467 e. The van der Waals surface area contributed by atoms with Crippen molar-refractivity contribution in [3.63, 3.8) is 0 Å². The molecule has 96 valence electrons. The van der Waals surface area contributed by atoms with E-state index in [-0.39, 0.29) is 6.04 Å². The quantitative estimate of drug-likeness (QED) is 0.881. The van der Waals surface area contributed by atoms with Gasteiger partial charge in [-0.1, -0.05) is 24.6 Å². The van der Waals surface area contributed by atoms with Gasteiger partial charge in [-0.05, 0) is 56.1 Å². The maximum atomic E-state index is 5.58. The molecule has 2 aromatic rings. The summed E-state index contributed by atoms with van der Waals surface area (Å²) in [5.74, 6) is 0.979. The second-order valence-corrected chi connectivity index (χ2v) is 4.82. The van der Waals surface area contributed by atoms with Gasteiger partial charge in [0, 0.05) is 0 Å². The van der Waals surface area contributed by atoms with Crippen molar-refractivity contribution in [2.24, 2.45) is 0 Å². The fraction of sp³-hybridized carbons (Fsp3) is 0.375. The van der Waals surface area contributed by atoms with Crippen LogP contribution in [-0.4, -0.2) is 6.54 Å². The van der Waals surface area contributed by atoms with E-state index in [1.807, 2.05) is 12.1 Å². The van der Waals surface area contributed by atoms with Crippen molar-refractivity contribution in [2.45, 2.75) is 33.7 Å². The number of aryl methyl sites for hydroxylation is 3. The molecule has 0 aliphatic carbocycles. The molecule has 1 atom stereocenters. The first-order valence-corrected chi connectivity index (χ1v) is 6.48. The fourth-order valence-corrected chi connectivity index (χ4v) is 2.65. The van der Waals surface area contributed by atoms with Gasteiger partial charge >= 0.3 is 0 Å². The normalized spacial score (nSPS) is 12.7. The Morgan fingerprint density at radius 1 is 1.17 bits per heavy atom. The van der Waals surface area contributed by atoms with Gasteiger partial charge in [-0.25, -0.2) is 0 Å². The van der Waals surface area contributed by atoms with Crippen LogP contribution < -0.4 is 5.32 Å². The summed E-state index contributed by atoms with van der Waals surface area (Å²) in [5.41, 5.74) is 5.27. The molecule has 1 N–H and O–H groups in total. The van der Waals surface area contributed by atoms with Crippen molar-refractivity contribution >= 4 is 0 Å². The second-order valence-electron chi connectivity index (χ2n) is 4.82. The van der Waals surface area contributed by atoms with E-state index in [9.17, 15) is 0 Å². The van der Waals surface area contributed by atoms with E-state index in [0.29, 0.717) is 0 Å². The minimum absolute atomic E-state index is 0.144. The van der Waals surface area contributed by atoms with Gasteiger partial charge in [-0.15, -0.1) is 0 Å². The molecule has 2 nitrogen and oxygen atoms in total. The SMILES string of the molecule is CCNC(c1ccco1)c1c(C)cc(C)cc1C. The summed E-state index contributed by atoms with van der Waals surface area (Å²) in [6, 6.07) is 8.58. The lowest BCUT2D eigenvalue weighted by Gasteiger charge is -2.21. The first-order valence-electron chi connectivity index (χ1n) is 6.48. The Hall–Kier alpha value is -1.54. The first-order chi connectivity index (χ1) is 8.63. The molecule has 18 heavy (non-hydrogen) atoms. The molecule has 1 unspecified atom stereocenters. The molecule has 0 saturated heterocycles. The predicted molar refractivity (Wildman–Crippen MR) is 74.9 cm³/mol. The molecule has 1 aromatic heterocycles. The monoisotopic (exact) mass is 243 g/mol. The molecular formula is C16H21NO. The molecule has 0 spiro atoms. The number of nitrogens with one attached hydrogen (secondary N) is 1. The highest BCUT2D eigenvalue weighted by atomic mass is 16.3. The summed E-state index contributed by atoms with van der Waals surface area (Å²) in [6.07, 6.45) is 1.73. The van der Waals surface area contributed by atoms with Crippen molar-refractivity contribution in [2.75, 3.05) is 6.54 Å². The lowest BCUT2D eigenvalue weighted by molar-refractivity contribution is 0.450. The Balaban J connectivity index is 2.49. The van der Waals surface area contributed by atoms with Crippen molar-refractivity contribution in [1.82, 2.24) is 5.32 Å². The Morgan fingerprint density at radius 2 is 1.83 bits per heavy atom. The zero-order chi connectivity index (χ0) is 13.1. The van der Waals surface area contributed by atoms with Gasteiger partial charge < -0.3 is 9.73 Å². The van der Waals surface area contributed by atoms with Crippen LogP contribution >= 0.6 is 0 Å². The van der Waals surface area contributed by atoms with E-state index >= 15 is 0 Å². The zero-order valence-corrected chi connectivity index (χ0v) is 11.6. The topological polar surface area (TPSA) is 25.2 Å². The van der Waals surface area contributed by atoms with E-state index in [2.05, 4.69) is 45.1 Å². The van der Waals surface area contributed by atoms with Crippen LogP contribution in [0, 0.1) is 20.8 Å².